The normalized spacial score (nSPS) is 12.8. The van der Waals surface area contributed by atoms with E-state index < -0.39 is 6.10 Å². The zero-order chi connectivity index (χ0) is 37.3. The molecule has 0 bridgehead atoms. The van der Waals surface area contributed by atoms with Gasteiger partial charge in [-0.1, -0.05) is 171 Å². The summed E-state index contributed by atoms with van der Waals surface area (Å²) < 4.78 is 16.5. The predicted molar refractivity (Wildman–Crippen MR) is 214 cm³/mol. The number of hydrogen-bond acceptors (Lipinski definition) is 6. The summed E-state index contributed by atoms with van der Waals surface area (Å²) in [5.74, 6) is -0.994. The molecule has 0 saturated carbocycles. The molecule has 0 aromatic rings. The highest BCUT2D eigenvalue weighted by Gasteiger charge is 2.19. The Balaban J connectivity index is 4.48. The Morgan fingerprint density at radius 1 is 0.412 bits per heavy atom. The molecule has 0 spiro atoms. The topological polar surface area (TPSA) is 78.9 Å². The fraction of sp³-hybridized carbons (Fsp3) is 0.667. The average Bonchev–Trinajstić information content (AvgIpc) is 3.12. The van der Waals surface area contributed by atoms with Crippen molar-refractivity contribution in [2.24, 2.45) is 0 Å². The second-order valence-corrected chi connectivity index (χ2v) is 13.3. The van der Waals surface area contributed by atoms with Gasteiger partial charge in [0, 0.05) is 19.3 Å². The van der Waals surface area contributed by atoms with E-state index in [2.05, 4.69) is 45.1 Å². The van der Waals surface area contributed by atoms with Crippen molar-refractivity contribution in [2.75, 3.05) is 13.2 Å². The average molecular weight is 711 g/mol. The zero-order valence-corrected chi connectivity index (χ0v) is 32.8. The van der Waals surface area contributed by atoms with Gasteiger partial charge >= 0.3 is 17.9 Å². The number of esters is 3. The molecule has 0 amide bonds. The fourth-order valence-electron chi connectivity index (χ4n) is 5.23. The molecule has 0 radical (unpaired) electrons. The maximum atomic E-state index is 12.6. The predicted octanol–water partition coefficient (Wildman–Crippen LogP) is 12.7. The highest BCUT2D eigenvalue weighted by Crippen LogP contribution is 2.12. The van der Waals surface area contributed by atoms with Crippen LogP contribution in [0, 0.1) is 0 Å². The minimum atomic E-state index is -0.801. The molecule has 0 aliphatic heterocycles. The van der Waals surface area contributed by atoms with E-state index in [4.69, 9.17) is 14.2 Å². The van der Waals surface area contributed by atoms with Crippen LogP contribution in [0.2, 0.25) is 0 Å². The lowest BCUT2D eigenvalue weighted by Gasteiger charge is -2.18. The van der Waals surface area contributed by atoms with E-state index in [9.17, 15) is 14.4 Å². The highest BCUT2D eigenvalue weighted by molar-refractivity contribution is 5.71. The van der Waals surface area contributed by atoms with Gasteiger partial charge in [0.15, 0.2) is 6.10 Å². The minimum Gasteiger partial charge on any atom is -0.462 e. The van der Waals surface area contributed by atoms with Crippen LogP contribution in [-0.2, 0) is 28.6 Å². The first-order chi connectivity index (χ1) is 25.0. The van der Waals surface area contributed by atoms with Gasteiger partial charge in [-0.2, -0.15) is 0 Å². The van der Waals surface area contributed by atoms with Crippen molar-refractivity contribution in [3.8, 4) is 0 Å². The molecule has 0 N–H and O–H groups in total. The van der Waals surface area contributed by atoms with Gasteiger partial charge < -0.3 is 14.2 Å². The molecule has 290 valence electrons. The fourth-order valence-corrected chi connectivity index (χ4v) is 5.23. The van der Waals surface area contributed by atoms with Gasteiger partial charge in [0.25, 0.3) is 0 Å². The van der Waals surface area contributed by atoms with E-state index >= 15 is 0 Å². The van der Waals surface area contributed by atoms with E-state index in [1.165, 1.54) is 64.2 Å². The Bertz CT molecular complexity index is 1000. The number of ether oxygens (including phenoxy) is 3. The van der Waals surface area contributed by atoms with E-state index in [-0.39, 0.29) is 37.5 Å². The van der Waals surface area contributed by atoms with Gasteiger partial charge in [0.1, 0.15) is 13.2 Å². The number of allylic oxidation sites excluding steroid dienone is 12. The molecule has 0 aliphatic carbocycles. The SMILES string of the molecule is CC\C=C/C=C\C=C/C=C\C=C/CCCCCC(=O)OCC(COC(=O)CCCCCCCCCCC)OC(=O)CCC/C=C\CCCCCC. The Morgan fingerprint density at radius 3 is 1.33 bits per heavy atom. The second kappa shape index (κ2) is 39.6. The van der Waals surface area contributed by atoms with Gasteiger partial charge in [0.05, 0.1) is 0 Å². The maximum absolute atomic E-state index is 12.6. The zero-order valence-electron chi connectivity index (χ0n) is 32.8. The third-order valence-corrected chi connectivity index (χ3v) is 8.32. The van der Waals surface area contributed by atoms with Crippen LogP contribution in [0.25, 0.3) is 0 Å². The van der Waals surface area contributed by atoms with Crippen LogP contribution in [0.4, 0.5) is 0 Å². The lowest BCUT2D eigenvalue weighted by molar-refractivity contribution is -0.167. The molecule has 1 atom stereocenters. The molecule has 6 nitrogen and oxygen atoms in total. The van der Waals surface area contributed by atoms with Crippen molar-refractivity contribution >= 4 is 17.9 Å². The van der Waals surface area contributed by atoms with Crippen LogP contribution >= 0.6 is 0 Å². The van der Waals surface area contributed by atoms with Crippen LogP contribution in [0.3, 0.4) is 0 Å². The molecule has 6 heteroatoms. The molecule has 51 heavy (non-hydrogen) atoms. The van der Waals surface area contributed by atoms with E-state index in [1.807, 2.05) is 48.6 Å². The quantitative estimate of drug-likeness (QED) is 0.0214. The number of carbonyl (C=O) groups excluding carboxylic acids is 3. The van der Waals surface area contributed by atoms with Crippen molar-refractivity contribution < 1.29 is 28.6 Å². The Kier molecular flexibility index (Phi) is 37.2. The van der Waals surface area contributed by atoms with Crippen molar-refractivity contribution in [3.05, 3.63) is 72.9 Å². The van der Waals surface area contributed by atoms with Crippen molar-refractivity contribution in [3.63, 3.8) is 0 Å². The maximum Gasteiger partial charge on any atom is 0.306 e. The third-order valence-electron chi connectivity index (χ3n) is 8.32. The van der Waals surface area contributed by atoms with Gasteiger partial charge in [-0.05, 0) is 57.8 Å². The first-order valence-electron chi connectivity index (χ1n) is 20.5. The standard InChI is InChI=1S/C45H74O6/c1-4-7-10-13-16-19-20-21-22-23-24-27-29-32-35-38-44(47)50-41-42(51-45(48)39-36-33-30-26-18-15-12-9-6-3)40-49-43(46)37-34-31-28-25-17-14-11-8-5-2/h7,10,13,16,19-24,26,30,42H,4-6,8-9,11-12,14-15,17-18,25,27-29,31-41H2,1-3H3/b10-7-,16-13-,20-19-,22-21-,24-23-,30-26-. The summed E-state index contributed by atoms with van der Waals surface area (Å²) in [4.78, 5) is 37.4. The van der Waals surface area contributed by atoms with Gasteiger partial charge in [-0.25, -0.2) is 0 Å². The lowest BCUT2D eigenvalue weighted by Crippen LogP contribution is -2.30. The van der Waals surface area contributed by atoms with Gasteiger partial charge in [-0.3, -0.25) is 14.4 Å². The molecule has 0 fully saturated rings. The molecule has 0 aromatic carbocycles. The summed E-state index contributed by atoms with van der Waals surface area (Å²) in [5, 5.41) is 0. The van der Waals surface area contributed by atoms with Gasteiger partial charge in [0.2, 0.25) is 0 Å². The van der Waals surface area contributed by atoms with Crippen LogP contribution in [0.1, 0.15) is 175 Å². The van der Waals surface area contributed by atoms with E-state index in [0.717, 1.165) is 64.2 Å². The van der Waals surface area contributed by atoms with Crippen molar-refractivity contribution in [2.45, 2.75) is 181 Å². The summed E-state index contributed by atoms with van der Waals surface area (Å²) in [6, 6.07) is 0. The van der Waals surface area contributed by atoms with Crippen LogP contribution in [0.15, 0.2) is 72.9 Å². The largest absolute Gasteiger partial charge is 0.462 e. The van der Waals surface area contributed by atoms with Crippen LogP contribution < -0.4 is 0 Å². The molecular weight excluding hydrogens is 636 g/mol. The monoisotopic (exact) mass is 711 g/mol. The molecular formula is C45H74O6. The van der Waals surface area contributed by atoms with Gasteiger partial charge in [-0.15, -0.1) is 0 Å². The molecule has 0 heterocycles. The number of unbranched alkanes of at least 4 members (excludes halogenated alkanes) is 16. The molecule has 0 aliphatic rings. The van der Waals surface area contributed by atoms with E-state index in [0.29, 0.717) is 19.3 Å². The summed E-state index contributed by atoms with van der Waals surface area (Å²) in [7, 11) is 0. The summed E-state index contributed by atoms with van der Waals surface area (Å²) >= 11 is 0. The lowest BCUT2D eigenvalue weighted by atomic mass is 10.1. The minimum absolute atomic E-state index is 0.101. The van der Waals surface area contributed by atoms with Crippen LogP contribution in [0.5, 0.6) is 0 Å². The third kappa shape index (κ3) is 37.9. The highest BCUT2D eigenvalue weighted by atomic mass is 16.6. The Morgan fingerprint density at radius 2 is 0.804 bits per heavy atom. The molecule has 1 unspecified atom stereocenters. The first-order valence-corrected chi connectivity index (χ1v) is 20.5. The summed E-state index contributed by atoms with van der Waals surface area (Å²) in [6.45, 7) is 6.34. The number of carbonyl (C=O) groups is 3. The van der Waals surface area contributed by atoms with Crippen LogP contribution in [-0.4, -0.2) is 37.2 Å². The Hall–Kier alpha value is -3.15. The Labute approximate surface area is 312 Å². The molecule has 0 saturated heterocycles. The van der Waals surface area contributed by atoms with E-state index in [1.54, 1.807) is 0 Å². The molecule has 0 aromatic heterocycles. The molecule has 0 rings (SSSR count). The number of rotatable bonds is 35. The summed E-state index contributed by atoms with van der Waals surface area (Å²) in [5.41, 5.74) is 0. The second-order valence-electron chi connectivity index (χ2n) is 13.3. The van der Waals surface area contributed by atoms with Crippen molar-refractivity contribution in [1.82, 2.24) is 0 Å². The summed E-state index contributed by atoms with van der Waals surface area (Å²) in [6.07, 6.45) is 47.5. The number of hydrogen-bond donors (Lipinski definition) is 0. The van der Waals surface area contributed by atoms with Crippen molar-refractivity contribution in [1.29, 1.82) is 0 Å². The smallest absolute Gasteiger partial charge is 0.306 e. The first kappa shape index (κ1) is 47.8.